The molecule has 0 aromatic heterocycles. The number of carbonyl (C=O) groups is 1. The molecule has 1 N–H and O–H groups in total. The molecule has 8 nitrogen and oxygen atoms in total. The second kappa shape index (κ2) is 9.87. The number of allylic oxidation sites excluding steroid dienone is 4. The van der Waals surface area contributed by atoms with Gasteiger partial charge in [-0.15, -0.1) is 0 Å². The Labute approximate surface area is 228 Å². The monoisotopic (exact) mass is 525 g/mol. The van der Waals surface area contributed by atoms with Crippen molar-refractivity contribution in [2.24, 2.45) is 4.99 Å². The number of amidine groups is 1. The quantitative estimate of drug-likeness (QED) is 0.346. The van der Waals surface area contributed by atoms with Gasteiger partial charge in [-0.25, -0.2) is 4.99 Å². The lowest BCUT2D eigenvalue weighted by molar-refractivity contribution is -1.02. The second-order valence-electron chi connectivity index (χ2n) is 10.5. The third-order valence-corrected chi connectivity index (χ3v) is 7.10. The molecule has 2 aromatic rings. The molecule has 2 aromatic carbocycles. The standard InChI is InChI=1S/C31H32N4O4/c1-4-37-19-17-34(30-33-31(2,3)21-38-30)24-15-13-23(14-16-24)32-27(36)20-26-28(22-10-6-5-7-11-22)29-25-12-8-9-18-35(25,26)39-29/h5-16,18H,4,17,19-21H2,1-3H3/p+1. The molecule has 0 saturated heterocycles. The van der Waals surface area contributed by atoms with Gasteiger partial charge in [0.1, 0.15) is 19.2 Å². The first-order chi connectivity index (χ1) is 18.9. The number of anilines is 2. The van der Waals surface area contributed by atoms with Crippen molar-refractivity contribution in [3.05, 3.63) is 102 Å². The van der Waals surface area contributed by atoms with Crippen molar-refractivity contribution >= 4 is 28.9 Å². The Bertz CT molecular complexity index is 1440. The van der Waals surface area contributed by atoms with Crippen LogP contribution in [0, 0.1) is 0 Å². The normalized spacial score (nSPS) is 21.7. The number of aliphatic imine (C=N–C) groups is 1. The molecule has 4 heterocycles. The molecule has 1 atom stereocenters. The molecule has 0 fully saturated rings. The number of nitrogens with zero attached hydrogens (tertiary/aromatic N) is 3. The van der Waals surface area contributed by atoms with Crippen LogP contribution in [-0.2, 0) is 19.1 Å². The number of hydrogen-bond donors (Lipinski definition) is 1. The van der Waals surface area contributed by atoms with Crippen LogP contribution in [0.1, 0.15) is 32.8 Å². The minimum atomic E-state index is -0.262. The largest absolute Gasteiger partial charge is 0.462 e. The van der Waals surface area contributed by atoms with Gasteiger partial charge >= 0.3 is 0 Å². The predicted octanol–water partition coefficient (Wildman–Crippen LogP) is 5.50. The summed E-state index contributed by atoms with van der Waals surface area (Å²) in [6.07, 6.45) is 8.21. The molecule has 0 radical (unpaired) electrons. The molecule has 8 heteroatoms. The number of ether oxygens (including phenoxy) is 2. The smallest absolute Gasteiger partial charge is 0.292 e. The van der Waals surface area contributed by atoms with Gasteiger partial charge in [0, 0.05) is 24.1 Å². The summed E-state index contributed by atoms with van der Waals surface area (Å²) in [4.78, 5) is 26.3. The Kier molecular flexibility index (Phi) is 6.37. The fourth-order valence-electron chi connectivity index (χ4n) is 5.26. The maximum Gasteiger partial charge on any atom is 0.292 e. The molecule has 2 bridgehead atoms. The zero-order valence-electron chi connectivity index (χ0n) is 22.5. The van der Waals surface area contributed by atoms with Crippen LogP contribution in [-0.4, -0.2) is 48.5 Å². The van der Waals surface area contributed by atoms with Crippen LogP contribution in [0.2, 0.25) is 0 Å². The maximum absolute atomic E-state index is 13.3. The summed E-state index contributed by atoms with van der Waals surface area (Å²) < 4.78 is 11.7. The van der Waals surface area contributed by atoms with Crippen LogP contribution in [0.4, 0.5) is 11.4 Å². The highest BCUT2D eigenvalue weighted by molar-refractivity contribution is 5.96. The van der Waals surface area contributed by atoms with Crippen molar-refractivity contribution in [1.82, 2.24) is 0 Å². The molecule has 4 aliphatic heterocycles. The highest BCUT2D eigenvalue weighted by Crippen LogP contribution is 2.58. The van der Waals surface area contributed by atoms with Gasteiger partial charge in [0.25, 0.3) is 11.8 Å². The lowest BCUT2D eigenvalue weighted by Crippen LogP contribution is -2.44. The van der Waals surface area contributed by atoms with E-state index in [0.29, 0.717) is 32.4 Å². The summed E-state index contributed by atoms with van der Waals surface area (Å²) in [5.74, 6) is 0.748. The van der Waals surface area contributed by atoms with Crippen molar-refractivity contribution in [2.75, 3.05) is 36.6 Å². The van der Waals surface area contributed by atoms with E-state index in [1.807, 2.05) is 86.5 Å². The van der Waals surface area contributed by atoms with Crippen molar-refractivity contribution in [1.29, 1.82) is 0 Å². The van der Waals surface area contributed by atoms with Crippen LogP contribution in [0.25, 0.3) is 5.57 Å². The van der Waals surface area contributed by atoms with Crippen molar-refractivity contribution < 1.29 is 23.8 Å². The number of hydroxylamine groups is 3. The first-order valence-electron chi connectivity index (χ1n) is 13.4. The first kappa shape index (κ1) is 25.2. The Balaban J connectivity index is 1.19. The molecular weight excluding hydrogens is 492 g/mol. The molecular formula is C31H33N4O4+. The molecule has 4 aliphatic rings. The van der Waals surface area contributed by atoms with Crippen LogP contribution in [0.3, 0.4) is 0 Å². The van der Waals surface area contributed by atoms with Crippen molar-refractivity contribution in [3.8, 4) is 0 Å². The van der Waals surface area contributed by atoms with E-state index in [1.165, 1.54) is 0 Å². The minimum absolute atomic E-state index is 0.101. The van der Waals surface area contributed by atoms with E-state index in [2.05, 4.69) is 23.5 Å². The highest BCUT2D eigenvalue weighted by Gasteiger charge is 2.62. The zero-order valence-corrected chi connectivity index (χ0v) is 22.5. The number of hydrogen-bond acceptors (Lipinski definition) is 6. The van der Waals surface area contributed by atoms with Crippen LogP contribution in [0.5, 0.6) is 0 Å². The van der Waals surface area contributed by atoms with Gasteiger partial charge in [-0.3, -0.25) is 14.5 Å². The van der Waals surface area contributed by atoms with E-state index < -0.39 is 0 Å². The number of rotatable bonds is 9. The Hall–Kier alpha value is -4.14. The highest BCUT2D eigenvalue weighted by atomic mass is 16.8. The number of carbonyl (C=O) groups excluding carboxylic acids is 1. The SMILES string of the molecule is CCOCCN(C1=NC(C)(C)CO1)c1ccc(NC(=O)CC2=C(c3ccccc3)C3=C4C=CC=C[N+]42O3)cc1. The lowest BCUT2D eigenvalue weighted by atomic mass is 10.0. The zero-order chi connectivity index (χ0) is 27.0. The molecule has 39 heavy (non-hydrogen) atoms. The molecule has 1 unspecified atom stereocenters. The molecule has 0 spiro atoms. The van der Waals surface area contributed by atoms with E-state index in [0.717, 1.165) is 39.7 Å². The van der Waals surface area contributed by atoms with Gasteiger partial charge in [-0.2, -0.15) is 0 Å². The average Bonchev–Trinajstić information content (AvgIpc) is 3.53. The Morgan fingerprint density at radius 1 is 1.13 bits per heavy atom. The maximum atomic E-state index is 13.3. The summed E-state index contributed by atoms with van der Waals surface area (Å²) in [7, 11) is 0. The number of benzene rings is 2. The van der Waals surface area contributed by atoms with E-state index in [1.54, 1.807) is 0 Å². The van der Waals surface area contributed by atoms with E-state index in [9.17, 15) is 4.79 Å². The summed E-state index contributed by atoms with van der Waals surface area (Å²) in [5, 5.41) is 3.07. The van der Waals surface area contributed by atoms with Crippen LogP contribution >= 0.6 is 0 Å². The van der Waals surface area contributed by atoms with Gasteiger partial charge in [-0.05, 0) is 61.3 Å². The molecule has 1 amide bonds. The lowest BCUT2D eigenvalue weighted by Gasteiger charge is -2.35. The third kappa shape index (κ3) is 4.56. The fraction of sp³-hybridized carbons (Fsp3) is 0.290. The van der Waals surface area contributed by atoms with E-state index in [-0.39, 0.29) is 22.5 Å². The molecule has 0 saturated carbocycles. The van der Waals surface area contributed by atoms with E-state index in [4.69, 9.17) is 19.3 Å². The van der Waals surface area contributed by atoms with Gasteiger partial charge in [0.2, 0.25) is 11.6 Å². The molecule has 200 valence electrons. The van der Waals surface area contributed by atoms with Crippen LogP contribution in [0.15, 0.2) is 101 Å². The second-order valence-corrected chi connectivity index (χ2v) is 10.5. The van der Waals surface area contributed by atoms with Gasteiger partial charge < -0.3 is 14.8 Å². The van der Waals surface area contributed by atoms with Gasteiger partial charge in [0.05, 0.1) is 24.3 Å². The summed E-state index contributed by atoms with van der Waals surface area (Å²) in [5.41, 5.74) is 5.41. The van der Waals surface area contributed by atoms with Crippen LogP contribution < -0.4 is 10.2 Å². The number of amides is 1. The van der Waals surface area contributed by atoms with Gasteiger partial charge in [0.15, 0.2) is 5.70 Å². The Morgan fingerprint density at radius 2 is 1.92 bits per heavy atom. The first-order valence-corrected chi connectivity index (χ1v) is 13.4. The molecule has 6 rings (SSSR count). The predicted molar refractivity (Wildman–Crippen MR) is 151 cm³/mol. The summed E-state index contributed by atoms with van der Waals surface area (Å²) in [6, 6.07) is 18.4. The van der Waals surface area contributed by atoms with E-state index >= 15 is 0 Å². The Morgan fingerprint density at radius 3 is 2.64 bits per heavy atom. The minimum Gasteiger partial charge on any atom is -0.462 e. The topological polar surface area (TPSA) is 72.4 Å². The van der Waals surface area contributed by atoms with Crippen molar-refractivity contribution in [2.45, 2.75) is 32.7 Å². The summed E-state index contributed by atoms with van der Waals surface area (Å²) >= 11 is 0. The number of quaternary nitrogens is 1. The summed E-state index contributed by atoms with van der Waals surface area (Å²) in [6.45, 7) is 8.43. The van der Waals surface area contributed by atoms with Crippen molar-refractivity contribution in [3.63, 3.8) is 0 Å². The number of nitrogens with one attached hydrogen (secondary N) is 1. The van der Waals surface area contributed by atoms with Gasteiger partial charge in [-0.1, -0.05) is 36.4 Å². The fourth-order valence-corrected chi connectivity index (χ4v) is 5.26. The third-order valence-electron chi connectivity index (χ3n) is 7.10. The average molecular weight is 526 g/mol. The molecule has 0 aliphatic carbocycles.